The number of hydrogen-bond acceptors (Lipinski definition) is 3. The lowest BCUT2D eigenvalue weighted by Gasteiger charge is -2.24. The van der Waals surface area contributed by atoms with Crippen LogP contribution in [0.1, 0.15) is 44.0 Å². The van der Waals surface area contributed by atoms with E-state index < -0.39 is 6.03 Å². The van der Waals surface area contributed by atoms with Crippen LogP contribution in [0.5, 0.6) is 0 Å². The Balaban J connectivity index is 2.72. The molecule has 20 heavy (non-hydrogen) atoms. The van der Waals surface area contributed by atoms with E-state index in [0.717, 1.165) is 30.8 Å². The van der Waals surface area contributed by atoms with Gasteiger partial charge in [0.15, 0.2) is 0 Å². The van der Waals surface area contributed by atoms with Gasteiger partial charge in [0, 0.05) is 18.0 Å². The van der Waals surface area contributed by atoms with E-state index in [-0.39, 0.29) is 18.4 Å². The van der Waals surface area contributed by atoms with Crippen molar-refractivity contribution in [1.29, 1.82) is 0 Å². The van der Waals surface area contributed by atoms with Crippen LogP contribution in [0.25, 0.3) is 0 Å². The summed E-state index contributed by atoms with van der Waals surface area (Å²) in [5, 5.41) is 4.58. The van der Waals surface area contributed by atoms with Crippen molar-refractivity contribution in [2.24, 2.45) is 5.73 Å². The summed E-state index contributed by atoms with van der Waals surface area (Å²) in [4.78, 5) is 26.2. The van der Waals surface area contributed by atoms with E-state index in [1.54, 1.807) is 0 Å². The third kappa shape index (κ3) is 5.21. The van der Waals surface area contributed by atoms with E-state index in [2.05, 4.69) is 5.32 Å². The summed E-state index contributed by atoms with van der Waals surface area (Å²) in [6.45, 7) is 5.60. The van der Waals surface area contributed by atoms with Gasteiger partial charge in [-0.25, -0.2) is 4.79 Å². The number of nitrogens with zero attached hydrogens (tertiary/aromatic N) is 1. The van der Waals surface area contributed by atoms with Gasteiger partial charge in [-0.3, -0.25) is 4.79 Å². The molecule has 0 bridgehead atoms. The van der Waals surface area contributed by atoms with Gasteiger partial charge in [0.1, 0.15) is 0 Å². The van der Waals surface area contributed by atoms with E-state index >= 15 is 0 Å². The molecule has 0 saturated carbocycles. The lowest BCUT2D eigenvalue weighted by molar-refractivity contribution is -0.131. The topological polar surface area (TPSA) is 75.4 Å². The molecule has 1 atom stereocenters. The highest BCUT2D eigenvalue weighted by Crippen LogP contribution is 2.22. The van der Waals surface area contributed by atoms with Gasteiger partial charge in [0.2, 0.25) is 5.91 Å². The number of primary amides is 1. The molecule has 1 aromatic rings. The van der Waals surface area contributed by atoms with E-state index in [1.807, 2.05) is 36.3 Å². The van der Waals surface area contributed by atoms with E-state index in [0.29, 0.717) is 0 Å². The molecule has 6 heteroatoms. The summed E-state index contributed by atoms with van der Waals surface area (Å²) >= 11 is 1.51. The van der Waals surface area contributed by atoms with Crippen molar-refractivity contribution >= 4 is 23.3 Å². The molecule has 0 aliphatic carbocycles. The van der Waals surface area contributed by atoms with Crippen molar-refractivity contribution in [2.75, 3.05) is 13.1 Å². The number of nitrogens with one attached hydrogen (secondary N) is 1. The Hall–Kier alpha value is -1.56. The van der Waals surface area contributed by atoms with Crippen molar-refractivity contribution in [3.05, 3.63) is 22.4 Å². The molecular weight excluding hydrogens is 274 g/mol. The Kier molecular flexibility index (Phi) is 7.08. The minimum Gasteiger partial charge on any atom is -0.352 e. The van der Waals surface area contributed by atoms with Crippen LogP contribution in [0.3, 0.4) is 0 Å². The lowest BCUT2D eigenvalue weighted by Crippen LogP contribution is -2.38. The van der Waals surface area contributed by atoms with Crippen LogP contribution in [0.15, 0.2) is 17.5 Å². The highest BCUT2D eigenvalue weighted by molar-refractivity contribution is 7.10. The maximum absolute atomic E-state index is 12.3. The molecule has 0 saturated heterocycles. The van der Waals surface area contributed by atoms with Crippen LogP contribution in [0.4, 0.5) is 4.79 Å². The van der Waals surface area contributed by atoms with Crippen molar-refractivity contribution in [3.63, 3.8) is 0 Å². The number of urea groups is 1. The fraction of sp³-hybridized carbons (Fsp3) is 0.571. The van der Waals surface area contributed by atoms with Gasteiger partial charge in [-0.05, 0) is 24.3 Å². The number of amides is 3. The molecule has 3 amide bonds. The summed E-state index contributed by atoms with van der Waals surface area (Å²) in [6, 6.07) is 2.86. The van der Waals surface area contributed by atoms with E-state index in [4.69, 9.17) is 5.73 Å². The molecule has 0 aliphatic rings. The second-order valence-electron chi connectivity index (χ2n) is 4.66. The Morgan fingerprint density at radius 2 is 2.00 bits per heavy atom. The van der Waals surface area contributed by atoms with Gasteiger partial charge in [-0.2, -0.15) is 0 Å². The van der Waals surface area contributed by atoms with E-state index in [1.165, 1.54) is 11.3 Å². The van der Waals surface area contributed by atoms with Crippen molar-refractivity contribution in [2.45, 2.75) is 39.2 Å². The van der Waals surface area contributed by atoms with Crippen LogP contribution in [-0.4, -0.2) is 29.9 Å². The fourth-order valence-electron chi connectivity index (χ4n) is 2.09. The van der Waals surface area contributed by atoms with E-state index in [9.17, 15) is 9.59 Å². The Labute approximate surface area is 124 Å². The van der Waals surface area contributed by atoms with Crippen molar-refractivity contribution in [1.82, 2.24) is 10.2 Å². The first-order valence-corrected chi connectivity index (χ1v) is 7.83. The number of rotatable bonds is 8. The first kappa shape index (κ1) is 16.5. The Bertz CT molecular complexity index is 414. The van der Waals surface area contributed by atoms with Crippen molar-refractivity contribution < 1.29 is 9.59 Å². The molecule has 1 heterocycles. The molecule has 1 unspecified atom stereocenters. The maximum Gasteiger partial charge on any atom is 0.312 e. The Morgan fingerprint density at radius 3 is 2.45 bits per heavy atom. The minimum absolute atomic E-state index is 0.0563. The largest absolute Gasteiger partial charge is 0.352 e. The normalized spacial score (nSPS) is 11.9. The number of hydrogen-bond donors (Lipinski definition) is 2. The zero-order valence-electron chi connectivity index (χ0n) is 12.1. The molecular formula is C14H23N3O2S. The highest BCUT2D eigenvalue weighted by Gasteiger charge is 2.21. The van der Waals surface area contributed by atoms with Gasteiger partial charge in [-0.1, -0.05) is 19.9 Å². The quantitative estimate of drug-likeness (QED) is 0.773. The number of nitrogens with two attached hydrogens (primary N) is 1. The molecule has 112 valence electrons. The number of carbonyl (C=O) groups excluding carboxylic acids is 2. The predicted octanol–water partition coefficient (Wildman–Crippen LogP) is 2.50. The third-order valence-corrected chi connectivity index (χ3v) is 3.91. The second kappa shape index (κ2) is 8.58. The molecule has 0 spiro atoms. The van der Waals surface area contributed by atoms with Gasteiger partial charge >= 0.3 is 6.03 Å². The molecule has 5 nitrogen and oxygen atoms in total. The zero-order chi connectivity index (χ0) is 15.0. The molecule has 0 fully saturated rings. The van der Waals surface area contributed by atoms with Gasteiger partial charge in [0.25, 0.3) is 0 Å². The predicted molar refractivity (Wildman–Crippen MR) is 81.6 cm³/mol. The minimum atomic E-state index is -0.603. The average molecular weight is 297 g/mol. The molecule has 0 aromatic carbocycles. The number of thiophene rings is 1. The van der Waals surface area contributed by atoms with Crippen LogP contribution in [0.2, 0.25) is 0 Å². The maximum atomic E-state index is 12.3. The van der Waals surface area contributed by atoms with Crippen LogP contribution >= 0.6 is 11.3 Å². The lowest BCUT2D eigenvalue weighted by atomic mass is 10.1. The summed E-state index contributed by atoms with van der Waals surface area (Å²) in [5.74, 6) is 0.0563. The van der Waals surface area contributed by atoms with Gasteiger partial charge in [0.05, 0.1) is 12.5 Å². The standard InChI is InChI=1S/C14H23N3O2S/c1-3-7-17(8-4-2)13(18)10-11(16-14(15)19)12-6-5-9-20-12/h5-6,9,11H,3-4,7-8,10H2,1-2H3,(H3,15,16,19). The van der Waals surface area contributed by atoms with Gasteiger partial charge in [-0.15, -0.1) is 11.3 Å². The second-order valence-corrected chi connectivity index (χ2v) is 5.64. The first-order chi connectivity index (χ1) is 9.58. The van der Waals surface area contributed by atoms with Crippen LogP contribution in [-0.2, 0) is 4.79 Å². The number of carbonyl (C=O) groups is 2. The Morgan fingerprint density at radius 1 is 1.35 bits per heavy atom. The first-order valence-electron chi connectivity index (χ1n) is 6.95. The van der Waals surface area contributed by atoms with Gasteiger partial charge < -0.3 is 16.0 Å². The van der Waals surface area contributed by atoms with Crippen LogP contribution in [0, 0.1) is 0 Å². The SMILES string of the molecule is CCCN(CCC)C(=O)CC(NC(N)=O)c1cccs1. The fourth-order valence-corrected chi connectivity index (χ4v) is 2.87. The summed E-state index contributed by atoms with van der Waals surface area (Å²) < 4.78 is 0. The molecule has 3 N–H and O–H groups in total. The smallest absolute Gasteiger partial charge is 0.312 e. The summed E-state index contributed by atoms with van der Waals surface area (Å²) in [7, 11) is 0. The van der Waals surface area contributed by atoms with Crippen LogP contribution < -0.4 is 11.1 Å². The highest BCUT2D eigenvalue weighted by atomic mass is 32.1. The molecule has 0 radical (unpaired) electrons. The average Bonchev–Trinajstić information content (AvgIpc) is 2.91. The molecule has 1 rings (SSSR count). The zero-order valence-corrected chi connectivity index (χ0v) is 12.9. The third-order valence-electron chi connectivity index (χ3n) is 2.92. The molecule has 0 aliphatic heterocycles. The monoisotopic (exact) mass is 297 g/mol. The molecule has 1 aromatic heterocycles. The summed E-state index contributed by atoms with van der Waals surface area (Å²) in [5.41, 5.74) is 5.20. The summed E-state index contributed by atoms with van der Waals surface area (Å²) in [6.07, 6.45) is 2.11. The van der Waals surface area contributed by atoms with Crippen molar-refractivity contribution in [3.8, 4) is 0 Å².